The lowest BCUT2D eigenvalue weighted by Gasteiger charge is -2.31. The summed E-state index contributed by atoms with van der Waals surface area (Å²) >= 11 is 5.86. The molecule has 31 heavy (non-hydrogen) atoms. The molecule has 0 saturated carbocycles. The first kappa shape index (κ1) is 24.7. The van der Waals surface area contributed by atoms with Crippen LogP contribution in [-0.4, -0.2) is 34.9 Å². The third kappa shape index (κ3) is 8.21. The SMILES string of the molecule is C[C@@H](C(=O)NC(C)(C)C)N(Cc1ccccc1F)C(=O)CCCOc1ccc(Cl)cc1. The summed E-state index contributed by atoms with van der Waals surface area (Å²) in [5.41, 5.74) is -0.0755. The van der Waals surface area contributed by atoms with E-state index in [2.05, 4.69) is 5.32 Å². The lowest BCUT2D eigenvalue weighted by Crippen LogP contribution is -2.52. The molecule has 7 heteroatoms. The van der Waals surface area contributed by atoms with E-state index in [-0.39, 0.29) is 24.8 Å². The fourth-order valence-corrected chi connectivity index (χ4v) is 3.08. The maximum atomic E-state index is 14.2. The van der Waals surface area contributed by atoms with E-state index in [9.17, 15) is 14.0 Å². The molecular formula is C24H30ClFN2O3. The average molecular weight is 449 g/mol. The molecule has 2 amide bonds. The van der Waals surface area contributed by atoms with Gasteiger partial charge in [-0.1, -0.05) is 29.8 Å². The number of halogens is 2. The summed E-state index contributed by atoms with van der Waals surface area (Å²) in [4.78, 5) is 27.1. The zero-order valence-electron chi connectivity index (χ0n) is 18.5. The minimum atomic E-state index is -0.747. The molecule has 2 aromatic rings. The van der Waals surface area contributed by atoms with Crippen molar-refractivity contribution < 1.29 is 18.7 Å². The Morgan fingerprint density at radius 3 is 2.39 bits per heavy atom. The van der Waals surface area contributed by atoms with Crippen LogP contribution in [0.4, 0.5) is 4.39 Å². The van der Waals surface area contributed by atoms with E-state index < -0.39 is 17.4 Å². The highest BCUT2D eigenvalue weighted by atomic mass is 35.5. The lowest BCUT2D eigenvalue weighted by molar-refractivity contribution is -0.141. The van der Waals surface area contributed by atoms with Crippen LogP contribution in [0.3, 0.4) is 0 Å². The molecule has 0 unspecified atom stereocenters. The summed E-state index contributed by atoms with van der Waals surface area (Å²) < 4.78 is 19.8. The molecule has 5 nitrogen and oxygen atoms in total. The molecule has 0 aromatic heterocycles. The van der Waals surface area contributed by atoms with Crippen LogP contribution in [0.25, 0.3) is 0 Å². The molecule has 2 aromatic carbocycles. The molecule has 0 saturated heterocycles. The first-order chi connectivity index (χ1) is 14.6. The van der Waals surface area contributed by atoms with Gasteiger partial charge in [-0.3, -0.25) is 9.59 Å². The summed E-state index contributed by atoms with van der Waals surface area (Å²) in [6.45, 7) is 7.62. The van der Waals surface area contributed by atoms with Crippen LogP contribution in [0.2, 0.25) is 5.02 Å². The van der Waals surface area contributed by atoms with Crippen LogP contribution in [0, 0.1) is 5.82 Å². The molecule has 0 bridgehead atoms. The first-order valence-corrected chi connectivity index (χ1v) is 10.7. The number of hydrogen-bond donors (Lipinski definition) is 1. The van der Waals surface area contributed by atoms with Crippen molar-refractivity contribution in [1.29, 1.82) is 0 Å². The van der Waals surface area contributed by atoms with Crippen molar-refractivity contribution in [3.8, 4) is 5.75 Å². The molecule has 0 aliphatic heterocycles. The van der Waals surface area contributed by atoms with Gasteiger partial charge < -0.3 is 15.0 Å². The highest BCUT2D eigenvalue weighted by molar-refractivity contribution is 6.30. The first-order valence-electron chi connectivity index (χ1n) is 10.3. The van der Waals surface area contributed by atoms with Gasteiger partial charge in [0.2, 0.25) is 11.8 Å². The second-order valence-corrected chi connectivity index (χ2v) is 8.87. The summed E-state index contributed by atoms with van der Waals surface area (Å²) in [5.74, 6) is -0.262. The summed E-state index contributed by atoms with van der Waals surface area (Å²) in [6, 6.07) is 12.5. The van der Waals surface area contributed by atoms with Gasteiger partial charge >= 0.3 is 0 Å². The van der Waals surface area contributed by atoms with Gasteiger partial charge in [-0.2, -0.15) is 0 Å². The van der Waals surface area contributed by atoms with Gasteiger partial charge in [0, 0.05) is 29.1 Å². The van der Waals surface area contributed by atoms with E-state index in [1.165, 1.54) is 11.0 Å². The molecule has 0 spiro atoms. The smallest absolute Gasteiger partial charge is 0.242 e. The number of amides is 2. The molecule has 0 aliphatic carbocycles. The topological polar surface area (TPSA) is 58.6 Å². The van der Waals surface area contributed by atoms with Crippen LogP contribution in [0.5, 0.6) is 5.75 Å². The molecule has 168 valence electrons. The number of carbonyl (C=O) groups is 2. The van der Waals surface area contributed by atoms with E-state index in [1.807, 2.05) is 20.8 Å². The quantitative estimate of drug-likeness (QED) is 0.551. The number of carbonyl (C=O) groups excluding carboxylic acids is 2. The Morgan fingerprint density at radius 2 is 1.77 bits per heavy atom. The second-order valence-electron chi connectivity index (χ2n) is 8.43. The zero-order chi connectivity index (χ0) is 23.0. The monoisotopic (exact) mass is 448 g/mol. The molecular weight excluding hydrogens is 419 g/mol. The van der Waals surface area contributed by atoms with Crippen LogP contribution in [0.15, 0.2) is 48.5 Å². The lowest BCUT2D eigenvalue weighted by atomic mass is 10.1. The Hall–Kier alpha value is -2.60. The standard InChI is InChI=1S/C24H30ClFN2O3/c1-17(23(30)27-24(2,3)4)28(16-18-8-5-6-9-21(18)26)22(29)10-7-15-31-20-13-11-19(25)12-14-20/h5-6,8-9,11-14,17H,7,10,15-16H2,1-4H3,(H,27,30)/t17-/m0/s1. The van der Waals surface area contributed by atoms with Crippen LogP contribution in [-0.2, 0) is 16.1 Å². The molecule has 0 heterocycles. The van der Waals surface area contributed by atoms with Crippen LogP contribution < -0.4 is 10.1 Å². The molecule has 0 fully saturated rings. The van der Waals surface area contributed by atoms with Crippen LogP contribution in [0.1, 0.15) is 46.1 Å². The Balaban J connectivity index is 2.03. The van der Waals surface area contributed by atoms with Gasteiger partial charge in [0.1, 0.15) is 17.6 Å². The van der Waals surface area contributed by atoms with Gasteiger partial charge in [0.05, 0.1) is 6.61 Å². The van der Waals surface area contributed by atoms with Crippen LogP contribution >= 0.6 is 11.6 Å². The highest BCUT2D eigenvalue weighted by Gasteiger charge is 2.28. The van der Waals surface area contributed by atoms with Crippen molar-refractivity contribution in [3.05, 3.63) is 64.9 Å². The Morgan fingerprint density at radius 1 is 1.13 bits per heavy atom. The molecule has 2 rings (SSSR count). The van der Waals surface area contributed by atoms with E-state index >= 15 is 0 Å². The van der Waals surface area contributed by atoms with Crippen molar-refractivity contribution in [1.82, 2.24) is 10.2 Å². The van der Waals surface area contributed by atoms with Gasteiger partial charge in [-0.05, 0) is 64.4 Å². The van der Waals surface area contributed by atoms with Gasteiger partial charge in [-0.25, -0.2) is 4.39 Å². The van der Waals surface area contributed by atoms with Crippen molar-refractivity contribution in [2.75, 3.05) is 6.61 Å². The third-order valence-corrected chi connectivity index (χ3v) is 4.83. The second kappa shape index (κ2) is 11.1. The number of nitrogens with one attached hydrogen (secondary N) is 1. The number of nitrogens with zero attached hydrogens (tertiary/aromatic N) is 1. The zero-order valence-corrected chi connectivity index (χ0v) is 19.2. The molecule has 1 N–H and O–H groups in total. The number of ether oxygens (including phenoxy) is 1. The summed E-state index contributed by atoms with van der Waals surface area (Å²) in [7, 11) is 0. The average Bonchev–Trinajstić information content (AvgIpc) is 2.70. The predicted octanol–water partition coefficient (Wildman–Crippen LogP) is 4.97. The largest absolute Gasteiger partial charge is 0.494 e. The number of rotatable bonds is 9. The Labute approximate surface area is 188 Å². The van der Waals surface area contributed by atoms with E-state index in [0.29, 0.717) is 29.4 Å². The van der Waals surface area contributed by atoms with E-state index in [1.54, 1.807) is 49.4 Å². The van der Waals surface area contributed by atoms with Gasteiger partial charge in [-0.15, -0.1) is 0 Å². The Kier molecular flexibility index (Phi) is 8.87. The maximum Gasteiger partial charge on any atom is 0.242 e. The minimum Gasteiger partial charge on any atom is -0.494 e. The maximum absolute atomic E-state index is 14.2. The Bertz CT molecular complexity index is 881. The molecule has 0 aliphatic rings. The third-order valence-electron chi connectivity index (χ3n) is 4.58. The fourth-order valence-electron chi connectivity index (χ4n) is 2.95. The minimum absolute atomic E-state index is 0.0161. The van der Waals surface area contributed by atoms with Gasteiger partial charge in [0.15, 0.2) is 0 Å². The van der Waals surface area contributed by atoms with Crippen molar-refractivity contribution in [2.45, 2.75) is 58.7 Å². The summed E-state index contributed by atoms with van der Waals surface area (Å²) in [6.07, 6.45) is 0.637. The normalized spacial score (nSPS) is 12.2. The van der Waals surface area contributed by atoms with Crippen molar-refractivity contribution in [3.63, 3.8) is 0 Å². The van der Waals surface area contributed by atoms with Crippen molar-refractivity contribution >= 4 is 23.4 Å². The summed E-state index contributed by atoms with van der Waals surface area (Å²) in [5, 5.41) is 3.51. The number of benzene rings is 2. The van der Waals surface area contributed by atoms with Crippen molar-refractivity contribution in [2.24, 2.45) is 0 Å². The number of hydrogen-bond acceptors (Lipinski definition) is 3. The fraction of sp³-hybridized carbons (Fsp3) is 0.417. The van der Waals surface area contributed by atoms with Gasteiger partial charge in [0.25, 0.3) is 0 Å². The molecule has 0 radical (unpaired) electrons. The highest BCUT2D eigenvalue weighted by Crippen LogP contribution is 2.17. The predicted molar refractivity (Wildman–Crippen MR) is 120 cm³/mol. The van der Waals surface area contributed by atoms with E-state index in [0.717, 1.165) is 0 Å². The molecule has 1 atom stereocenters. The van der Waals surface area contributed by atoms with E-state index in [4.69, 9.17) is 16.3 Å².